The number of hydrogen-bond acceptors (Lipinski definition) is 6. The first-order chi connectivity index (χ1) is 31.8. The predicted octanol–water partition coefficient (Wildman–Crippen LogP) is 19.3. The van der Waals surface area contributed by atoms with Crippen LogP contribution in [0.1, 0.15) is 330 Å². The second-order valence-corrected chi connectivity index (χ2v) is 21.0. The average Bonchev–Trinajstić information content (AvgIpc) is 3.29. The zero-order chi connectivity index (χ0) is 47.5. The van der Waals surface area contributed by atoms with Gasteiger partial charge in [0, 0.05) is 19.3 Å². The first-order valence-electron chi connectivity index (χ1n) is 29.3. The summed E-state index contributed by atoms with van der Waals surface area (Å²) in [6.07, 6.45) is 55.1. The van der Waals surface area contributed by atoms with Gasteiger partial charge in [0.25, 0.3) is 0 Å². The molecule has 6 heteroatoms. The predicted molar refractivity (Wildman–Crippen MR) is 280 cm³/mol. The van der Waals surface area contributed by atoms with Crippen molar-refractivity contribution in [1.29, 1.82) is 0 Å². The van der Waals surface area contributed by atoms with Crippen molar-refractivity contribution >= 4 is 17.9 Å². The molecular formula is C59H114O6. The highest BCUT2D eigenvalue weighted by Gasteiger charge is 2.19. The van der Waals surface area contributed by atoms with Gasteiger partial charge >= 0.3 is 17.9 Å². The second kappa shape index (κ2) is 51.8. The molecule has 0 fully saturated rings. The number of carbonyl (C=O) groups is 3. The Morgan fingerprint density at radius 1 is 0.323 bits per heavy atom. The maximum atomic E-state index is 12.9. The largest absolute Gasteiger partial charge is 0.462 e. The molecule has 0 rings (SSSR count). The summed E-state index contributed by atoms with van der Waals surface area (Å²) in [7, 11) is 0. The molecule has 0 aliphatic carbocycles. The van der Waals surface area contributed by atoms with Gasteiger partial charge in [-0.05, 0) is 31.1 Å². The van der Waals surface area contributed by atoms with Crippen LogP contribution < -0.4 is 0 Å². The van der Waals surface area contributed by atoms with Gasteiger partial charge in [0.2, 0.25) is 0 Å². The number of carbonyl (C=O) groups excluding carboxylic acids is 3. The lowest BCUT2D eigenvalue weighted by atomic mass is 9.99. The summed E-state index contributed by atoms with van der Waals surface area (Å²) in [6, 6.07) is 0. The zero-order valence-corrected chi connectivity index (χ0v) is 44.6. The molecule has 0 amide bonds. The molecule has 0 radical (unpaired) electrons. The van der Waals surface area contributed by atoms with E-state index in [4.69, 9.17) is 14.2 Å². The highest BCUT2D eigenvalue weighted by Crippen LogP contribution is 2.19. The molecule has 0 heterocycles. The fraction of sp³-hybridized carbons (Fsp3) is 0.949. The third-order valence-electron chi connectivity index (χ3n) is 13.8. The topological polar surface area (TPSA) is 78.9 Å². The minimum atomic E-state index is -0.763. The van der Waals surface area contributed by atoms with Gasteiger partial charge in [-0.3, -0.25) is 14.4 Å². The molecular weight excluding hydrogens is 805 g/mol. The van der Waals surface area contributed by atoms with Crippen molar-refractivity contribution in [2.75, 3.05) is 13.2 Å². The number of hydrogen-bond donors (Lipinski definition) is 0. The van der Waals surface area contributed by atoms with Crippen LogP contribution in [0, 0.1) is 11.8 Å². The lowest BCUT2D eigenvalue weighted by Gasteiger charge is -2.18. The zero-order valence-electron chi connectivity index (χ0n) is 44.6. The van der Waals surface area contributed by atoms with Gasteiger partial charge < -0.3 is 14.2 Å². The molecule has 0 spiro atoms. The summed E-state index contributed by atoms with van der Waals surface area (Å²) in [4.78, 5) is 38.2. The molecule has 0 saturated carbocycles. The molecule has 0 aromatic heterocycles. The van der Waals surface area contributed by atoms with E-state index in [0.29, 0.717) is 19.3 Å². The quantitative estimate of drug-likeness (QED) is 0.0344. The van der Waals surface area contributed by atoms with Gasteiger partial charge in [-0.15, -0.1) is 0 Å². The second-order valence-electron chi connectivity index (χ2n) is 21.0. The maximum Gasteiger partial charge on any atom is 0.306 e. The van der Waals surface area contributed by atoms with E-state index >= 15 is 0 Å². The average molecular weight is 920 g/mol. The summed E-state index contributed by atoms with van der Waals surface area (Å²) in [5, 5.41) is 0. The Morgan fingerprint density at radius 3 is 0.877 bits per heavy atom. The van der Waals surface area contributed by atoms with Crippen molar-refractivity contribution in [1.82, 2.24) is 0 Å². The normalized spacial score (nSPS) is 12.5. The lowest BCUT2D eigenvalue weighted by molar-refractivity contribution is -0.167. The monoisotopic (exact) mass is 919 g/mol. The van der Waals surface area contributed by atoms with Gasteiger partial charge in [-0.1, -0.05) is 291 Å². The fourth-order valence-corrected chi connectivity index (χ4v) is 9.02. The van der Waals surface area contributed by atoms with E-state index in [0.717, 1.165) is 69.6 Å². The highest BCUT2D eigenvalue weighted by atomic mass is 16.6. The van der Waals surface area contributed by atoms with Crippen molar-refractivity contribution in [3.05, 3.63) is 0 Å². The Hall–Kier alpha value is -1.59. The Balaban J connectivity index is 4.30. The Morgan fingerprint density at radius 2 is 0.585 bits per heavy atom. The summed E-state index contributed by atoms with van der Waals surface area (Å²) < 4.78 is 16.9. The van der Waals surface area contributed by atoms with E-state index in [1.807, 2.05) is 0 Å². The van der Waals surface area contributed by atoms with Crippen LogP contribution in [0.3, 0.4) is 0 Å². The molecule has 65 heavy (non-hydrogen) atoms. The van der Waals surface area contributed by atoms with Gasteiger partial charge in [-0.2, -0.15) is 0 Å². The Labute approximate surface area is 406 Å². The molecule has 0 bridgehead atoms. The Kier molecular flexibility index (Phi) is 50.5. The minimum absolute atomic E-state index is 0.0626. The number of esters is 3. The molecule has 0 aliphatic rings. The van der Waals surface area contributed by atoms with Crippen LogP contribution in [0.25, 0.3) is 0 Å². The lowest BCUT2D eigenvalue weighted by Crippen LogP contribution is -2.30. The molecule has 0 saturated heterocycles. The summed E-state index contributed by atoms with van der Waals surface area (Å²) >= 11 is 0. The third-order valence-corrected chi connectivity index (χ3v) is 13.8. The van der Waals surface area contributed by atoms with Crippen molar-refractivity contribution in [3.63, 3.8) is 0 Å². The van der Waals surface area contributed by atoms with Crippen molar-refractivity contribution < 1.29 is 28.6 Å². The highest BCUT2D eigenvalue weighted by molar-refractivity contribution is 5.71. The standard InChI is InChI=1S/C59H114O6/c1-6-8-9-10-11-12-13-14-15-19-24-29-34-39-44-49-57(60)63-52-56(53-64-58(61)50-45-40-35-30-26-21-22-27-32-37-42-47-54(3)4)65-59(62)51-46-41-36-31-25-20-17-16-18-23-28-33-38-43-48-55(5)7-2/h54-56H,6-53H2,1-5H3/t55?,56-/m0/s1. The van der Waals surface area contributed by atoms with Crippen molar-refractivity contribution in [2.24, 2.45) is 11.8 Å². The number of ether oxygens (including phenoxy) is 3. The summed E-state index contributed by atoms with van der Waals surface area (Å²) in [6.45, 7) is 11.4. The van der Waals surface area contributed by atoms with Crippen LogP contribution in [0.4, 0.5) is 0 Å². The van der Waals surface area contributed by atoms with Gasteiger partial charge in [-0.25, -0.2) is 0 Å². The van der Waals surface area contributed by atoms with Gasteiger partial charge in [0.05, 0.1) is 0 Å². The van der Waals surface area contributed by atoms with Crippen LogP contribution >= 0.6 is 0 Å². The SMILES string of the molecule is CCCCCCCCCCCCCCCCCC(=O)OC[C@@H](COC(=O)CCCCCCCCCCCCCC(C)C)OC(=O)CCCCCCCCCCCCCCCCC(C)CC. The van der Waals surface area contributed by atoms with Crippen LogP contribution in [0.15, 0.2) is 0 Å². The van der Waals surface area contributed by atoms with Crippen molar-refractivity contribution in [3.8, 4) is 0 Å². The molecule has 0 aromatic rings. The van der Waals surface area contributed by atoms with E-state index in [1.54, 1.807) is 0 Å². The Bertz CT molecular complexity index is 995. The number of rotatable bonds is 53. The van der Waals surface area contributed by atoms with E-state index in [-0.39, 0.29) is 31.1 Å². The van der Waals surface area contributed by atoms with E-state index < -0.39 is 6.10 Å². The molecule has 6 nitrogen and oxygen atoms in total. The smallest absolute Gasteiger partial charge is 0.306 e. The van der Waals surface area contributed by atoms with E-state index in [1.165, 1.54) is 218 Å². The minimum Gasteiger partial charge on any atom is -0.462 e. The fourth-order valence-electron chi connectivity index (χ4n) is 9.02. The molecule has 0 N–H and O–H groups in total. The molecule has 0 aliphatic heterocycles. The molecule has 1 unspecified atom stereocenters. The van der Waals surface area contributed by atoms with Crippen LogP contribution in [0.2, 0.25) is 0 Å². The summed E-state index contributed by atoms with van der Waals surface area (Å²) in [5.41, 5.74) is 0. The van der Waals surface area contributed by atoms with E-state index in [2.05, 4.69) is 34.6 Å². The third kappa shape index (κ3) is 51.6. The first-order valence-corrected chi connectivity index (χ1v) is 29.3. The molecule has 2 atom stereocenters. The van der Waals surface area contributed by atoms with Crippen LogP contribution in [0.5, 0.6) is 0 Å². The molecule has 386 valence electrons. The first kappa shape index (κ1) is 63.4. The van der Waals surface area contributed by atoms with Crippen LogP contribution in [-0.4, -0.2) is 37.2 Å². The maximum absolute atomic E-state index is 12.9. The van der Waals surface area contributed by atoms with Crippen molar-refractivity contribution in [2.45, 2.75) is 336 Å². The number of unbranched alkanes of at least 4 members (excludes halogenated alkanes) is 37. The summed E-state index contributed by atoms with van der Waals surface area (Å²) in [5.74, 6) is 0.883. The molecule has 0 aromatic carbocycles. The van der Waals surface area contributed by atoms with Crippen LogP contribution in [-0.2, 0) is 28.6 Å². The van der Waals surface area contributed by atoms with E-state index in [9.17, 15) is 14.4 Å². The van der Waals surface area contributed by atoms with Gasteiger partial charge in [0.15, 0.2) is 6.10 Å². The van der Waals surface area contributed by atoms with Gasteiger partial charge in [0.1, 0.15) is 13.2 Å².